The van der Waals surface area contributed by atoms with Gasteiger partial charge in [-0.1, -0.05) is 35.5 Å². The molecule has 7 nitrogen and oxygen atoms in total. The summed E-state index contributed by atoms with van der Waals surface area (Å²) >= 11 is 0. The summed E-state index contributed by atoms with van der Waals surface area (Å²) in [5, 5.41) is 6.07. The summed E-state index contributed by atoms with van der Waals surface area (Å²) in [5.74, 6) is -1.36. The summed E-state index contributed by atoms with van der Waals surface area (Å²) in [4.78, 5) is 41.2. The molecule has 3 rings (SSSR count). The molecular weight excluding hydrogens is 274 g/mol. The number of nitrogens with one attached hydrogen (secondary N) is 1. The summed E-state index contributed by atoms with van der Waals surface area (Å²) in [6, 6.07) is 9.40. The van der Waals surface area contributed by atoms with E-state index in [9.17, 15) is 14.4 Å². The normalized spacial score (nSPS) is 21.6. The molecule has 7 heteroatoms. The van der Waals surface area contributed by atoms with Crippen molar-refractivity contribution in [3.8, 4) is 0 Å². The number of imide groups is 1. The highest BCUT2D eigenvalue weighted by Crippen LogP contribution is 2.18. The lowest BCUT2D eigenvalue weighted by molar-refractivity contribution is -0.151. The Morgan fingerprint density at radius 3 is 2.52 bits per heavy atom. The summed E-state index contributed by atoms with van der Waals surface area (Å²) in [6.07, 6.45) is -0.450. The lowest BCUT2D eigenvalue weighted by atomic mass is 10.0. The van der Waals surface area contributed by atoms with E-state index in [4.69, 9.17) is 4.84 Å². The van der Waals surface area contributed by atoms with Crippen molar-refractivity contribution < 1.29 is 19.2 Å². The molecule has 3 amide bonds. The van der Waals surface area contributed by atoms with Gasteiger partial charge in [-0.3, -0.25) is 19.7 Å². The summed E-state index contributed by atoms with van der Waals surface area (Å²) in [6.45, 7) is -0.268. The first-order valence-electron chi connectivity index (χ1n) is 6.53. The second kappa shape index (κ2) is 5.35. The van der Waals surface area contributed by atoms with Crippen LogP contribution in [0.1, 0.15) is 12.0 Å². The third kappa shape index (κ3) is 2.76. The number of oxime groups is 1. The van der Waals surface area contributed by atoms with E-state index in [1.54, 1.807) is 0 Å². The van der Waals surface area contributed by atoms with Crippen LogP contribution in [0.3, 0.4) is 0 Å². The second-order valence-corrected chi connectivity index (χ2v) is 4.87. The minimum Gasteiger partial charge on any atom is -0.382 e. The SMILES string of the molecule is O=C1CN(C(=O)C2CC(c3ccccc3)=NO2)CC(=O)N1. The molecule has 0 aromatic heterocycles. The predicted octanol–water partition coefficient (Wildman–Crippen LogP) is -0.335. The number of hydrogen-bond donors (Lipinski definition) is 1. The van der Waals surface area contributed by atoms with E-state index in [0.29, 0.717) is 12.1 Å². The number of benzene rings is 1. The van der Waals surface area contributed by atoms with Crippen molar-refractivity contribution in [2.24, 2.45) is 5.16 Å². The fraction of sp³-hybridized carbons (Fsp3) is 0.286. The first-order valence-corrected chi connectivity index (χ1v) is 6.53. The van der Waals surface area contributed by atoms with Crippen molar-refractivity contribution in [1.29, 1.82) is 0 Å². The fourth-order valence-electron chi connectivity index (χ4n) is 2.31. The molecule has 1 aromatic rings. The van der Waals surface area contributed by atoms with Gasteiger partial charge in [0.25, 0.3) is 5.91 Å². The fourth-order valence-corrected chi connectivity index (χ4v) is 2.31. The van der Waals surface area contributed by atoms with Crippen LogP contribution < -0.4 is 5.32 Å². The van der Waals surface area contributed by atoms with Gasteiger partial charge in [0.15, 0.2) is 0 Å². The molecule has 0 aliphatic carbocycles. The average Bonchev–Trinajstić information content (AvgIpc) is 2.96. The Hall–Kier alpha value is -2.70. The van der Waals surface area contributed by atoms with Crippen LogP contribution >= 0.6 is 0 Å². The van der Waals surface area contributed by atoms with E-state index in [1.165, 1.54) is 4.90 Å². The Balaban J connectivity index is 1.66. The Morgan fingerprint density at radius 2 is 1.86 bits per heavy atom. The number of hydrogen-bond acceptors (Lipinski definition) is 5. The number of piperazine rings is 1. The highest BCUT2D eigenvalue weighted by Gasteiger charge is 2.35. The molecule has 1 aromatic carbocycles. The predicted molar refractivity (Wildman–Crippen MR) is 72.2 cm³/mol. The molecule has 1 atom stereocenters. The molecular formula is C14H13N3O4. The van der Waals surface area contributed by atoms with Crippen molar-refractivity contribution in [3.63, 3.8) is 0 Å². The smallest absolute Gasteiger partial charge is 0.267 e. The number of nitrogens with zero attached hydrogens (tertiary/aromatic N) is 2. The number of carbonyl (C=O) groups excluding carboxylic acids is 3. The lowest BCUT2D eigenvalue weighted by Gasteiger charge is -2.26. The van der Waals surface area contributed by atoms with Crippen LogP contribution in [0.25, 0.3) is 0 Å². The first-order chi connectivity index (χ1) is 10.1. The monoisotopic (exact) mass is 287 g/mol. The number of rotatable bonds is 2. The standard InChI is InChI=1S/C14H13N3O4/c18-12-7-17(8-13(19)15-12)14(20)11-6-10(16-21-11)9-4-2-1-3-5-9/h1-5,11H,6-8H2,(H,15,18,19). The molecule has 2 aliphatic rings. The molecule has 0 radical (unpaired) electrons. The molecule has 108 valence electrons. The Morgan fingerprint density at radius 1 is 1.19 bits per heavy atom. The average molecular weight is 287 g/mol. The van der Waals surface area contributed by atoms with E-state index in [1.807, 2.05) is 30.3 Å². The number of amides is 3. The third-order valence-corrected chi connectivity index (χ3v) is 3.31. The van der Waals surface area contributed by atoms with Crippen LogP contribution in [-0.2, 0) is 19.2 Å². The van der Waals surface area contributed by atoms with Crippen LogP contribution in [0.4, 0.5) is 0 Å². The van der Waals surface area contributed by atoms with E-state index < -0.39 is 23.8 Å². The zero-order valence-corrected chi connectivity index (χ0v) is 11.1. The molecule has 0 spiro atoms. The van der Waals surface area contributed by atoms with Crippen molar-refractivity contribution in [2.75, 3.05) is 13.1 Å². The van der Waals surface area contributed by atoms with Crippen LogP contribution in [0.15, 0.2) is 35.5 Å². The van der Waals surface area contributed by atoms with Gasteiger partial charge < -0.3 is 9.74 Å². The Kier molecular flexibility index (Phi) is 3.39. The van der Waals surface area contributed by atoms with Gasteiger partial charge in [-0.25, -0.2) is 0 Å². The van der Waals surface area contributed by atoms with E-state index in [0.717, 1.165) is 5.56 Å². The first kappa shape index (κ1) is 13.3. The van der Waals surface area contributed by atoms with Gasteiger partial charge in [0.2, 0.25) is 17.9 Å². The number of carbonyl (C=O) groups is 3. The molecule has 1 unspecified atom stereocenters. The minimum atomic E-state index is -0.779. The maximum Gasteiger partial charge on any atom is 0.267 e. The van der Waals surface area contributed by atoms with Gasteiger partial charge in [0.05, 0.1) is 5.71 Å². The van der Waals surface area contributed by atoms with Gasteiger partial charge in [0.1, 0.15) is 13.1 Å². The topological polar surface area (TPSA) is 88.1 Å². The lowest BCUT2D eigenvalue weighted by Crippen LogP contribution is -2.55. The third-order valence-electron chi connectivity index (χ3n) is 3.31. The molecule has 1 saturated heterocycles. The Bertz CT molecular complexity index is 610. The molecule has 21 heavy (non-hydrogen) atoms. The molecule has 1 N–H and O–H groups in total. The van der Waals surface area contributed by atoms with Crippen molar-refractivity contribution in [2.45, 2.75) is 12.5 Å². The minimum absolute atomic E-state index is 0.134. The molecule has 2 aliphatic heterocycles. The maximum absolute atomic E-state index is 12.3. The zero-order chi connectivity index (χ0) is 14.8. The second-order valence-electron chi connectivity index (χ2n) is 4.87. The summed E-state index contributed by atoms with van der Waals surface area (Å²) < 4.78 is 0. The summed E-state index contributed by atoms with van der Waals surface area (Å²) in [7, 11) is 0. The van der Waals surface area contributed by atoms with Crippen LogP contribution in [-0.4, -0.2) is 47.5 Å². The van der Waals surface area contributed by atoms with E-state index >= 15 is 0 Å². The highest BCUT2D eigenvalue weighted by molar-refractivity contribution is 6.06. The van der Waals surface area contributed by atoms with E-state index in [2.05, 4.69) is 10.5 Å². The van der Waals surface area contributed by atoms with E-state index in [-0.39, 0.29) is 13.1 Å². The van der Waals surface area contributed by atoms with Crippen LogP contribution in [0.2, 0.25) is 0 Å². The van der Waals surface area contributed by atoms with Gasteiger partial charge in [-0.05, 0) is 5.56 Å². The molecule has 0 saturated carbocycles. The van der Waals surface area contributed by atoms with Gasteiger partial charge in [0, 0.05) is 6.42 Å². The zero-order valence-electron chi connectivity index (χ0n) is 11.1. The van der Waals surface area contributed by atoms with Crippen molar-refractivity contribution in [1.82, 2.24) is 10.2 Å². The quantitative estimate of drug-likeness (QED) is 0.754. The van der Waals surface area contributed by atoms with Crippen molar-refractivity contribution >= 4 is 23.4 Å². The van der Waals surface area contributed by atoms with Gasteiger partial charge >= 0.3 is 0 Å². The van der Waals surface area contributed by atoms with Gasteiger partial charge in [-0.15, -0.1) is 0 Å². The highest BCUT2D eigenvalue weighted by atomic mass is 16.6. The van der Waals surface area contributed by atoms with Gasteiger partial charge in [-0.2, -0.15) is 0 Å². The molecule has 0 bridgehead atoms. The van der Waals surface area contributed by atoms with Crippen molar-refractivity contribution in [3.05, 3.63) is 35.9 Å². The molecule has 1 fully saturated rings. The maximum atomic E-state index is 12.3. The van der Waals surface area contributed by atoms with Crippen LogP contribution in [0.5, 0.6) is 0 Å². The Labute approximate surface area is 120 Å². The molecule has 2 heterocycles. The van der Waals surface area contributed by atoms with Crippen LogP contribution in [0, 0.1) is 0 Å². The largest absolute Gasteiger partial charge is 0.382 e. The summed E-state index contributed by atoms with van der Waals surface area (Å²) in [5.41, 5.74) is 1.57.